The van der Waals surface area contributed by atoms with Crippen LogP contribution in [0.5, 0.6) is 11.5 Å². The summed E-state index contributed by atoms with van der Waals surface area (Å²) in [5, 5.41) is 6.24. The normalized spacial score (nSPS) is 14.2. The van der Waals surface area contributed by atoms with E-state index in [0.29, 0.717) is 23.7 Å². The van der Waals surface area contributed by atoms with Crippen LogP contribution in [0.1, 0.15) is 11.1 Å². The smallest absolute Gasteiger partial charge is 0.292 e. The number of methoxy groups -OCH3 is 2. The Morgan fingerprint density at radius 3 is 2.53 bits per heavy atom. The molecule has 7 heteroatoms. The van der Waals surface area contributed by atoms with Gasteiger partial charge in [0.15, 0.2) is 11.5 Å². The number of nitrogens with zero attached hydrogens (tertiary/aromatic N) is 4. The van der Waals surface area contributed by atoms with E-state index >= 15 is 0 Å². The van der Waals surface area contributed by atoms with Gasteiger partial charge >= 0.3 is 0 Å². The van der Waals surface area contributed by atoms with E-state index in [-0.39, 0.29) is 5.56 Å². The summed E-state index contributed by atoms with van der Waals surface area (Å²) in [5.74, 6) is 1.27. The average Bonchev–Trinajstić information content (AvgIpc) is 3.06. The molecule has 0 atom stereocenters. The zero-order valence-corrected chi connectivity index (χ0v) is 17.4. The Bertz CT molecular complexity index is 1320. The van der Waals surface area contributed by atoms with E-state index in [1.807, 2.05) is 23.7 Å². The lowest BCUT2D eigenvalue weighted by atomic mass is 10.0. The average molecular weight is 404 g/mol. The molecule has 4 aromatic rings. The third-order valence-corrected chi connectivity index (χ3v) is 6.05. The molecule has 0 saturated heterocycles. The molecule has 3 heterocycles. The predicted octanol–water partition coefficient (Wildman–Crippen LogP) is 2.92. The van der Waals surface area contributed by atoms with Crippen LogP contribution in [0, 0.1) is 0 Å². The van der Waals surface area contributed by atoms with Gasteiger partial charge in [0.1, 0.15) is 5.52 Å². The molecule has 2 aromatic carbocycles. The number of aromatic nitrogens is 3. The van der Waals surface area contributed by atoms with Gasteiger partial charge in [0.25, 0.3) is 5.56 Å². The van der Waals surface area contributed by atoms with Crippen LogP contribution in [0.25, 0.3) is 21.8 Å². The van der Waals surface area contributed by atoms with Crippen molar-refractivity contribution in [1.82, 2.24) is 19.2 Å². The Kier molecular flexibility index (Phi) is 4.47. The Morgan fingerprint density at radius 1 is 1.03 bits per heavy atom. The van der Waals surface area contributed by atoms with E-state index in [0.717, 1.165) is 35.8 Å². The quantitative estimate of drug-likeness (QED) is 0.523. The molecule has 30 heavy (non-hydrogen) atoms. The second-order valence-corrected chi connectivity index (χ2v) is 7.71. The fourth-order valence-electron chi connectivity index (χ4n) is 4.45. The number of fused-ring (bicyclic) bond motifs is 4. The lowest BCUT2D eigenvalue weighted by molar-refractivity contribution is 0.186. The second-order valence-electron chi connectivity index (χ2n) is 7.71. The van der Waals surface area contributed by atoms with Gasteiger partial charge in [-0.2, -0.15) is 5.10 Å². The minimum absolute atomic E-state index is 0.0945. The first kappa shape index (κ1) is 18.7. The van der Waals surface area contributed by atoms with E-state index in [1.165, 1.54) is 11.1 Å². The summed E-state index contributed by atoms with van der Waals surface area (Å²) >= 11 is 0. The lowest BCUT2D eigenvalue weighted by Gasteiger charge is -2.28. The van der Waals surface area contributed by atoms with Crippen molar-refractivity contribution in [2.75, 3.05) is 20.8 Å². The van der Waals surface area contributed by atoms with Crippen LogP contribution in [-0.2, 0) is 26.7 Å². The summed E-state index contributed by atoms with van der Waals surface area (Å²) < 4.78 is 14.4. The summed E-state index contributed by atoms with van der Waals surface area (Å²) in [5.41, 5.74) is 4.16. The highest BCUT2D eigenvalue weighted by atomic mass is 16.5. The fourth-order valence-corrected chi connectivity index (χ4v) is 4.45. The summed E-state index contributed by atoms with van der Waals surface area (Å²) in [6.07, 6.45) is 2.77. The standard InChI is InChI=1S/C23H24N4O3/c1-25-19-11-21(30-3)20(29-2)10-17(19)18-12-24-27(23(28)22(18)25)14-26-9-8-15-6-4-5-7-16(15)13-26/h4-7,10-12H,8-9,13-14H2,1-3H3. The molecular weight excluding hydrogens is 380 g/mol. The summed E-state index contributed by atoms with van der Waals surface area (Å²) in [4.78, 5) is 15.6. The predicted molar refractivity (Wildman–Crippen MR) is 116 cm³/mol. The molecule has 5 rings (SSSR count). The summed E-state index contributed by atoms with van der Waals surface area (Å²) in [6, 6.07) is 12.3. The highest BCUT2D eigenvalue weighted by Gasteiger charge is 2.20. The van der Waals surface area contributed by atoms with E-state index < -0.39 is 0 Å². The number of hydrogen-bond donors (Lipinski definition) is 0. The molecule has 7 nitrogen and oxygen atoms in total. The number of ether oxygens (including phenoxy) is 2. The fraction of sp³-hybridized carbons (Fsp3) is 0.304. The van der Waals surface area contributed by atoms with Crippen molar-refractivity contribution in [2.45, 2.75) is 19.6 Å². The molecule has 0 saturated carbocycles. The van der Waals surface area contributed by atoms with Gasteiger partial charge in [-0.05, 0) is 23.6 Å². The van der Waals surface area contributed by atoms with Crippen molar-refractivity contribution in [3.8, 4) is 11.5 Å². The van der Waals surface area contributed by atoms with Gasteiger partial charge in [0, 0.05) is 37.0 Å². The van der Waals surface area contributed by atoms with Gasteiger partial charge < -0.3 is 14.0 Å². The van der Waals surface area contributed by atoms with Crippen LogP contribution in [0.2, 0.25) is 0 Å². The molecule has 0 aliphatic carbocycles. The van der Waals surface area contributed by atoms with Crippen LogP contribution in [-0.4, -0.2) is 40.0 Å². The zero-order chi connectivity index (χ0) is 20.8. The molecule has 0 N–H and O–H groups in total. The minimum Gasteiger partial charge on any atom is -0.493 e. The monoisotopic (exact) mass is 404 g/mol. The van der Waals surface area contributed by atoms with Gasteiger partial charge in [-0.15, -0.1) is 0 Å². The third kappa shape index (κ3) is 2.85. The number of aryl methyl sites for hydroxylation is 1. The summed E-state index contributed by atoms with van der Waals surface area (Å²) in [7, 11) is 5.12. The second kappa shape index (κ2) is 7.18. The highest BCUT2D eigenvalue weighted by molar-refractivity contribution is 6.08. The first-order chi connectivity index (χ1) is 14.6. The molecular formula is C23H24N4O3. The SMILES string of the molecule is COc1cc2c3cnn(CN4CCc5ccccc5C4)c(=O)c3n(C)c2cc1OC. The van der Waals surface area contributed by atoms with Gasteiger partial charge in [-0.1, -0.05) is 24.3 Å². The number of rotatable bonds is 4. The molecule has 1 aliphatic heterocycles. The van der Waals surface area contributed by atoms with Crippen LogP contribution >= 0.6 is 0 Å². The molecule has 0 radical (unpaired) electrons. The molecule has 0 bridgehead atoms. The topological polar surface area (TPSA) is 61.5 Å². The van der Waals surface area contributed by atoms with Gasteiger partial charge in [0.05, 0.1) is 32.6 Å². The Hall–Kier alpha value is -3.32. The van der Waals surface area contributed by atoms with E-state index in [1.54, 1.807) is 25.1 Å². The molecule has 1 aliphatic rings. The van der Waals surface area contributed by atoms with Crippen molar-refractivity contribution in [2.24, 2.45) is 7.05 Å². The number of benzene rings is 2. The van der Waals surface area contributed by atoms with Gasteiger partial charge in [-0.3, -0.25) is 9.69 Å². The van der Waals surface area contributed by atoms with E-state index in [9.17, 15) is 4.79 Å². The van der Waals surface area contributed by atoms with Crippen LogP contribution in [0.3, 0.4) is 0 Å². The molecule has 0 spiro atoms. The minimum atomic E-state index is -0.0945. The zero-order valence-electron chi connectivity index (χ0n) is 17.4. The molecule has 0 amide bonds. The van der Waals surface area contributed by atoms with Crippen molar-refractivity contribution in [3.63, 3.8) is 0 Å². The number of hydrogen-bond acceptors (Lipinski definition) is 5. The van der Waals surface area contributed by atoms with E-state index in [4.69, 9.17) is 9.47 Å². The Balaban J connectivity index is 1.57. The maximum atomic E-state index is 13.3. The van der Waals surface area contributed by atoms with Crippen molar-refractivity contribution < 1.29 is 9.47 Å². The Labute approximate surface area is 174 Å². The van der Waals surface area contributed by atoms with Crippen LogP contribution in [0.4, 0.5) is 0 Å². The summed E-state index contributed by atoms with van der Waals surface area (Å²) in [6.45, 7) is 2.20. The first-order valence-corrected chi connectivity index (χ1v) is 10.00. The van der Waals surface area contributed by atoms with Crippen LogP contribution < -0.4 is 15.0 Å². The first-order valence-electron chi connectivity index (χ1n) is 10.00. The van der Waals surface area contributed by atoms with Crippen molar-refractivity contribution in [3.05, 3.63) is 64.1 Å². The van der Waals surface area contributed by atoms with Gasteiger partial charge in [0.2, 0.25) is 0 Å². The van der Waals surface area contributed by atoms with Crippen LogP contribution in [0.15, 0.2) is 47.4 Å². The largest absolute Gasteiger partial charge is 0.493 e. The van der Waals surface area contributed by atoms with Gasteiger partial charge in [-0.25, -0.2) is 4.68 Å². The van der Waals surface area contributed by atoms with Crippen molar-refractivity contribution >= 4 is 21.8 Å². The highest BCUT2D eigenvalue weighted by Crippen LogP contribution is 2.36. The molecule has 0 fully saturated rings. The maximum Gasteiger partial charge on any atom is 0.292 e. The third-order valence-electron chi connectivity index (χ3n) is 6.05. The maximum absolute atomic E-state index is 13.3. The van der Waals surface area contributed by atoms with E-state index in [2.05, 4.69) is 34.3 Å². The Morgan fingerprint density at radius 2 is 1.77 bits per heavy atom. The molecule has 154 valence electrons. The molecule has 2 aromatic heterocycles. The van der Waals surface area contributed by atoms with Crippen molar-refractivity contribution in [1.29, 1.82) is 0 Å². The lowest BCUT2D eigenvalue weighted by Crippen LogP contribution is -2.37. The molecule has 0 unspecified atom stereocenters.